The lowest BCUT2D eigenvalue weighted by molar-refractivity contribution is -0.154. The molecule has 0 bridgehead atoms. The van der Waals surface area contributed by atoms with Gasteiger partial charge in [0.25, 0.3) is 5.91 Å². The Morgan fingerprint density at radius 1 is 1.12 bits per heavy atom. The third-order valence-electron chi connectivity index (χ3n) is 6.71. The maximum absolute atomic E-state index is 13.8. The standard InChI is InChI=1S/C26H29N3O3/c1-17-14-21(29-13-12-19(3)27-29)10-11-22(17)24(30)28-16-18(2)26(4,25(31)32-5)15-20-8-6-7-9-23(20)28/h6-14,18H,15-16H2,1-5H3/t18-,26?/m1/s1. The number of rotatable bonds is 3. The molecule has 166 valence electrons. The van der Waals surface area contributed by atoms with Gasteiger partial charge in [0, 0.05) is 24.0 Å². The molecule has 0 aliphatic carbocycles. The van der Waals surface area contributed by atoms with Gasteiger partial charge < -0.3 is 9.64 Å². The van der Waals surface area contributed by atoms with E-state index in [9.17, 15) is 9.59 Å². The zero-order chi connectivity index (χ0) is 23.0. The Morgan fingerprint density at radius 3 is 2.53 bits per heavy atom. The van der Waals surface area contributed by atoms with Crippen LogP contribution in [0.1, 0.15) is 41.0 Å². The monoisotopic (exact) mass is 431 g/mol. The normalized spacial score (nSPS) is 20.4. The lowest BCUT2D eigenvalue weighted by Crippen LogP contribution is -2.42. The Labute approximate surface area is 188 Å². The van der Waals surface area contributed by atoms with Gasteiger partial charge in [0.2, 0.25) is 0 Å². The molecule has 1 unspecified atom stereocenters. The summed E-state index contributed by atoms with van der Waals surface area (Å²) in [5.41, 5.74) is 4.48. The van der Waals surface area contributed by atoms with Crippen LogP contribution >= 0.6 is 0 Å². The number of carbonyl (C=O) groups excluding carboxylic acids is 2. The maximum Gasteiger partial charge on any atom is 0.312 e. The van der Waals surface area contributed by atoms with Crippen molar-refractivity contribution in [3.63, 3.8) is 0 Å². The lowest BCUT2D eigenvalue weighted by atomic mass is 9.74. The molecule has 1 aliphatic rings. The Hall–Kier alpha value is -3.41. The molecule has 0 fully saturated rings. The molecule has 4 rings (SSSR count). The van der Waals surface area contributed by atoms with Crippen LogP contribution in [0, 0.1) is 25.2 Å². The van der Waals surface area contributed by atoms with Crippen molar-refractivity contribution in [2.24, 2.45) is 11.3 Å². The van der Waals surface area contributed by atoms with E-state index < -0.39 is 5.41 Å². The Bertz CT molecular complexity index is 1180. The van der Waals surface area contributed by atoms with Gasteiger partial charge in [0.1, 0.15) is 0 Å². The molecule has 0 spiro atoms. The number of esters is 1. The average molecular weight is 432 g/mol. The average Bonchev–Trinajstić information content (AvgIpc) is 3.18. The van der Waals surface area contributed by atoms with Crippen molar-refractivity contribution in [1.29, 1.82) is 0 Å². The van der Waals surface area contributed by atoms with Crippen molar-refractivity contribution >= 4 is 17.6 Å². The molecule has 6 heteroatoms. The first kappa shape index (κ1) is 21.8. The maximum atomic E-state index is 13.8. The highest BCUT2D eigenvalue weighted by atomic mass is 16.5. The van der Waals surface area contributed by atoms with Crippen molar-refractivity contribution in [1.82, 2.24) is 9.78 Å². The fourth-order valence-corrected chi connectivity index (χ4v) is 4.50. The summed E-state index contributed by atoms with van der Waals surface area (Å²) >= 11 is 0. The van der Waals surface area contributed by atoms with Crippen LogP contribution in [0.4, 0.5) is 5.69 Å². The van der Waals surface area contributed by atoms with Crippen molar-refractivity contribution in [3.05, 3.63) is 77.1 Å². The topological polar surface area (TPSA) is 64.4 Å². The van der Waals surface area contributed by atoms with Crippen molar-refractivity contribution in [2.45, 2.75) is 34.1 Å². The third kappa shape index (κ3) is 3.70. The van der Waals surface area contributed by atoms with Crippen molar-refractivity contribution < 1.29 is 14.3 Å². The number of hydrogen-bond donors (Lipinski definition) is 0. The molecule has 3 aromatic rings. The smallest absolute Gasteiger partial charge is 0.312 e. The molecule has 0 saturated heterocycles. The third-order valence-corrected chi connectivity index (χ3v) is 6.71. The first-order valence-electron chi connectivity index (χ1n) is 10.9. The number of anilines is 1. The highest BCUT2D eigenvalue weighted by Crippen LogP contribution is 2.41. The second-order valence-electron chi connectivity index (χ2n) is 8.93. The number of aryl methyl sites for hydroxylation is 2. The second kappa shape index (κ2) is 8.26. The summed E-state index contributed by atoms with van der Waals surface area (Å²) in [5, 5.41) is 4.46. The van der Waals surface area contributed by atoms with E-state index in [2.05, 4.69) is 5.10 Å². The first-order chi connectivity index (χ1) is 15.2. The number of ether oxygens (including phenoxy) is 1. The minimum atomic E-state index is -0.712. The predicted molar refractivity (Wildman–Crippen MR) is 124 cm³/mol. The number of benzene rings is 2. The number of fused-ring (bicyclic) bond motifs is 1. The largest absolute Gasteiger partial charge is 0.469 e. The number of para-hydroxylation sites is 1. The van der Waals surface area contributed by atoms with Crippen LogP contribution in [0.15, 0.2) is 54.7 Å². The van der Waals surface area contributed by atoms with Gasteiger partial charge in [0.05, 0.1) is 23.9 Å². The number of aromatic nitrogens is 2. The van der Waals surface area contributed by atoms with E-state index in [1.807, 2.05) is 92.0 Å². The van der Waals surface area contributed by atoms with Crippen molar-refractivity contribution in [2.75, 3.05) is 18.6 Å². The van der Waals surface area contributed by atoms with Gasteiger partial charge in [-0.05, 0) is 74.6 Å². The van der Waals surface area contributed by atoms with Crippen molar-refractivity contribution in [3.8, 4) is 5.69 Å². The molecule has 2 atom stereocenters. The van der Waals surface area contributed by atoms with E-state index in [0.29, 0.717) is 18.5 Å². The van der Waals surface area contributed by atoms with Gasteiger partial charge >= 0.3 is 5.97 Å². The Balaban J connectivity index is 1.73. The van der Waals surface area contributed by atoms with Crippen LogP contribution in [-0.2, 0) is 16.0 Å². The number of amides is 1. The highest BCUT2D eigenvalue weighted by molar-refractivity contribution is 6.07. The van der Waals surface area contributed by atoms with Gasteiger partial charge in [-0.2, -0.15) is 5.10 Å². The van der Waals surface area contributed by atoms with Crippen LogP contribution in [0.3, 0.4) is 0 Å². The van der Waals surface area contributed by atoms with E-state index in [1.165, 1.54) is 7.11 Å². The summed E-state index contributed by atoms with van der Waals surface area (Å²) in [4.78, 5) is 28.3. The summed E-state index contributed by atoms with van der Waals surface area (Å²) in [5.74, 6) is -0.402. The molecular formula is C26H29N3O3. The SMILES string of the molecule is COC(=O)C1(C)Cc2ccccc2N(C(=O)c2ccc(-n3ccc(C)n3)cc2C)C[C@H]1C. The fourth-order valence-electron chi connectivity index (χ4n) is 4.50. The summed E-state index contributed by atoms with van der Waals surface area (Å²) < 4.78 is 6.95. The Kier molecular flexibility index (Phi) is 5.63. The van der Waals surface area contributed by atoms with E-state index in [0.717, 1.165) is 28.2 Å². The molecule has 6 nitrogen and oxygen atoms in total. The number of nitrogens with zero attached hydrogens (tertiary/aromatic N) is 3. The Morgan fingerprint density at radius 2 is 1.88 bits per heavy atom. The first-order valence-corrected chi connectivity index (χ1v) is 10.9. The predicted octanol–water partition coefficient (Wildman–Crippen LogP) is 4.51. The molecule has 0 saturated carbocycles. The number of methoxy groups -OCH3 is 1. The van der Waals surface area contributed by atoms with E-state index >= 15 is 0 Å². The van der Waals surface area contributed by atoms with E-state index in [1.54, 1.807) is 0 Å². The van der Waals surface area contributed by atoms with Crippen LogP contribution < -0.4 is 4.90 Å². The zero-order valence-electron chi connectivity index (χ0n) is 19.3. The molecular weight excluding hydrogens is 402 g/mol. The van der Waals surface area contributed by atoms with Gasteiger partial charge in [-0.15, -0.1) is 0 Å². The molecule has 0 N–H and O–H groups in total. The van der Waals surface area contributed by atoms with Gasteiger partial charge in [0.15, 0.2) is 0 Å². The quantitative estimate of drug-likeness (QED) is 0.573. The molecule has 2 aromatic carbocycles. The van der Waals surface area contributed by atoms with Crippen LogP contribution in [0.2, 0.25) is 0 Å². The van der Waals surface area contributed by atoms with Crippen LogP contribution in [0.5, 0.6) is 0 Å². The highest BCUT2D eigenvalue weighted by Gasteiger charge is 2.44. The molecule has 1 aliphatic heterocycles. The number of carbonyl (C=O) groups is 2. The van der Waals surface area contributed by atoms with Crippen LogP contribution in [0.25, 0.3) is 5.69 Å². The van der Waals surface area contributed by atoms with Gasteiger partial charge in [-0.3, -0.25) is 9.59 Å². The zero-order valence-corrected chi connectivity index (χ0v) is 19.3. The lowest BCUT2D eigenvalue weighted by Gasteiger charge is -2.32. The van der Waals surface area contributed by atoms with Crippen LogP contribution in [-0.4, -0.2) is 35.3 Å². The summed E-state index contributed by atoms with van der Waals surface area (Å²) in [6.45, 7) is 8.26. The molecule has 0 radical (unpaired) electrons. The number of hydrogen-bond acceptors (Lipinski definition) is 4. The summed E-state index contributed by atoms with van der Waals surface area (Å²) in [7, 11) is 1.42. The van der Waals surface area contributed by atoms with Gasteiger partial charge in [-0.1, -0.05) is 25.1 Å². The van der Waals surface area contributed by atoms with Gasteiger partial charge in [-0.25, -0.2) is 4.68 Å². The minimum absolute atomic E-state index is 0.0703. The summed E-state index contributed by atoms with van der Waals surface area (Å²) in [6.07, 6.45) is 2.43. The molecule has 32 heavy (non-hydrogen) atoms. The van der Waals surface area contributed by atoms with E-state index in [-0.39, 0.29) is 17.8 Å². The second-order valence-corrected chi connectivity index (χ2v) is 8.93. The molecule has 2 heterocycles. The van der Waals surface area contributed by atoms with E-state index in [4.69, 9.17) is 4.74 Å². The molecule has 1 amide bonds. The summed E-state index contributed by atoms with van der Waals surface area (Å²) in [6, 6.07) is 15.5. The minimum Gasteiger partial charge on any atom is -0.469 e. The fraction of sp³-hybridized carbons (Fsp3) is 0.346. The molecule has 1 aromatic heterocycles.